The monoisotopic (exact) mass is 478 g/mol. The fourth-order valence-electron chi connectivity index (χ4n) is 4.92. The van der Waals surface area contributed by atoms with Gasteiger partial charge in [-0.2, -0.15) is 0 Å². The van der Waals surface area contributed by atoms with Gasteiger partial charge in [-0.15, -0.1) is 0 Å². The van der Waals surface area contributed by atoms with Crippen LogP contribution in [0.5, 0.6) is 0 Å². The Labute approximate surface area is 205 Å². The Balaban J connectivity index is 0.00000231. The first-order valence-electron chi connectivity index (χ1n) is 11.3. The predicted octanol–water partition coefficient (Wildman–Crippen LogP) is 7.54. The molecular formula is C30H28Zr. The van der Waals surface area contributed by atoms with Crippen LogP contribution in [-0.4, -0.2) is 0 Å². The summed E-state index contributed by atoms with van der Waals surface area (Å²) < 4.78 is 0. The maximum atomic E-state index is 3.46. The first-order valence-corrected chi connectivity index (χ1v) is 11.3. The van der Waals surface area contributed by atoms with Gasteiger partial charge in [0.1, 0.15) is 0 Å². The van der Waals surface area contributed by atoms with Gasteiger partial charge in [0.2, 0.25) is 0 Å². The summed E-state index contributed by atoms with van der Waals surface area (Å²) >= 11 is 0. The Morgan fingerprint density at radius 2 is 1.81 bits per heavy atom. The fourth-order valence-corrected chi connectivity index (χ4v) is 4.92. The second-order valence-electron chi connectivity index (χ2n) is 8.53. The van der Waals surface area contributed by atoms with E-state index in [0.29, 0.717) is 5.92 Å². The summed E-state index contributed by atoms with van der Waals surface area (Å²) in [5, 5.41) is 0. The molecule has 0 fully saturated rings. The molecule has 3 aromatic carbocycles. The third-order valence-corrected chi connectivity index (χ3v) is 6.53. The van der Waals surface area contributed by atoms with Crippen LogP contribution in [0.3, 0.4) is 0 Å². The molecule has 31 heavy (non-hydrogen) atoms. The van der Waals surface area contributed by atoms with E-state index in [1.807, 2.05) is 0 Å². The minimum absolute atomic E-state index is 0. The van der Waals surface area contributed by atoms with Crippen LogP contribution >= 0.6 is 0 Å². The second-order valence-corrected chi connectivity index (χ2v) is 8.53. The fraction of sp³-hybridized carbons (Fsp3) is 0.267. The smallest absolute Gasteiger partial charge is 0.0254 e. The Hall–Kier alpha value is -2.16. The molecule has 0 nitrogen and oxygen atoms in total. The number of allylic oxidation sites excluding steroid dienone is 1. The van der Waals surface area contributed by atoms with Crippen molar-refractivity contribution in [3.63, 3.8) is 0 Å². The molecule has 0 aromatic heterocycles. The standard InChI is InChI=1S/C30H28.Zr/c1-2-3-4-5-10-22-19-26(18-17-24-16-15-23-11-6-8-13-27(23)24)29-21-25-12-7-9-14-28(25)30(29)20-22;/h6-9,11-16,19-20,24H,2-4,17-18,21H2,1H3;. The molecule has 3 aromatic rings. The Bertz CT molecular complexity index is 1170. The average molecular weight is 480 g/mol. The summed E-state index contributed by atoms with van der Waals surface area (Å²) in [4.78, 5) is 0. The van der Waals surface area contributed by atoms with E-state index in [2.05, 4.69) is 91.6 Å². The largest absolute Gasteiger partial charge is 0.0979 e. The maximum Gasteiger partial charge on any atom is 0.0254 e. The molecule has 0 aliphatic heterocycles. The van der Waals surface area contributed by atoms with Crippen molar-refractivity contribution in [2.45, 2.75) is 51.4 Å². The summed E-state index contributed by atoms with van der Waals surface area (Å²) in [5.74, 6) is 7.38. The molecule has 0 saturated heterocycles. The molecule has 2 aliphatic carbocycles. The van der Waals surface area contributed by atoms with E-state index in [9.17, 15) is 0 Å². The van der Waals surface area contributed by atoms with Crippen molar-refractivity contribution < 1.29 is 26.2 Å². The molecule has 2 aliphatic rings. The summed E-state index contributed by atoms with van der Waals surface area (Å²) in [7, 11) is 0. The summed E-state index contributed by atoms with van der Waals surface area (Å²) in [5.41, 5.74) is 11.3. The predicted molar refractivity (Wildman–Crippen MR) is 128 cm³/mol. The summed E-state index contributed by atoms with van der Waals surface area (Å²) in [6.45, 7) is 2.22. The van der Waals surface area contributed by atoms with Gasteiger partial charge in [0.15, 0.2) is 0 Å². The molecule has 0 amide bonds. The first-order chi connectivity index (χ1) is 14.8. The molecule has 0 spiro atoms. The van der Waals surface area contributed by atoms with E-state index in [1.54, 1.807) is 0 Å². The van der Waals surface area contributed by atoms with Crippen molar-refractivity contribution in [3.8, 4) is 23.0 Å². The third-order valence-electron chi connectivity index (χ3n) is 6.53. The van der Waals surface area contributed by atoms with Crippen LogP contribution in [0.1, 0.15) is 71.9 Å². The topological polar surface area (TPSA) is 0 Å². The number of rotatable bonds is 5. The number of benzene rings is 3. The molecule has 0 saturated carbocycles. The van der Waals surface area contributed by atoms with Gasteiger partial charge in [-0.1, -0.05) is 85.9 Å². The molecule has 1 heteroatoms. The van der Waals surface area contributed by atoms with Crippen LogP contribution in [0.25, 0.3) is 17.2 Å². The zero-order valence-electron chi connectivity index (χ0n) is 18.2. The summed E-state index contributed by atoms with van der Waals surface area (Å²) in [6.07, 6.45) is 11.4. The normalized spacial score (nSPS) is 14.8. The van der Waals surface area contributed by atoms with Crippen molar-refractivity contribution >= 4 is 6.08 Å². The van der Waals surface area contributed by atoms with E-state index in [1.165, 1.54) is 57.3 Å². The number of hydrogen-bond acceptors (Lipinski definition) is 0. The van der Waals surface area contributed by atoms with Crippen LogP contribution in [0.4, 0.5) is 0 Å². The first kappa shape index (κ1) is 22.1. The van der Waals surface area contributed by atoms with E-state index in [-0.39, 0.29) is 26.2 Å². The quantitative estimate of drug-likeness (QED) is 0.205. The third kappa shape index (κ3) is 4.56. The van der Waals surface area contributed by atoms with Gasteiger partial charge in [0, 0.05) is 44.1 Å². The van der Waals surface area contributed by atoms with E-state index in [0.717, 1.165) is 25.7 Å². The summed E-state index contributed by atoms with van der Waals surface area (Å²) in [6, 6.07) is 22.4. The molecule has 1 atom stereocenters. The van der Waals surface area contributed by atoms with Crippen molar-refractivity contribution in [3.05, 3.63) is 100 Å². The molecule has 0 bridgehead atoms. The van der Waals surface area contributed by atoms with Crippen LogP contribution in [-0.2, 0) is 39.0 Å². The minimum atomic E-state index is 0. The van der Waals surface area contributed by atoms with Crippen molar-refractivity contribution in [1.82, 2.24) is 0 Å². The van der Waals surface area contributed by atoms with E-state index in [4.69, 9.17) is 0 Å². The number of fused-ring (bicyclic) bond motifs is 4. The van der Waals surface area contributed by atoms with Gasteiger partial charge in [-0.25, -0.2) is 0 Å². The molecule has 1 unspecified atom stereocenters. The average Bonchev–Trinajstić information content (AvgIpc) is 3.37. The van der Waals surface area contributed by atoms with Crippen molar-refractivity contribution in [1.29, 1.82) is 0 Å². The maximum absolute atomic E-state index is 3.46. The van der Waals surface area contributed by atoms with Gasteiger partial charge in [0.05, 0.1) is 0 Å². The molecule has 0 N–H and O–H groups in total. The second kappa shape index (κ2) is 9.98. The number of hydrogen-bond donors (Lipinski definition) is 0. The van der Waals surface area contributed by atoms with Crippen molar-refractivity contribution in [2.75, 3.05) is 0 Å². The zero-order valence-corrected chi connectivity index (χ0v) is 20.7. The van der Waals surface area contributed by atoms with Gasteiger partial charge < -0.3 is 0 Å². The van der Waals surface area contributed by atoms with Crippen molar-refractivity contribution in [2.24, 2.45) is 0 Å². The Morgan fingerprint density at radius 1 is 0.968 bits per heavy atom. The SMILES string of the molecule is CCCCC#Cc1cc(CCC2C=Cc3ccccc32)c2c(c1)-c1ccccc1C2.[Zr]. The Morgan fingerprint density at radius 3 is 2.71 bits per heavy atom. The zero-order chi connectivity index (χ0) is 20.3. The number of aryl methyl sites for hydroxylation is 1. The molecular weight excluding hydrogens is 452 g/mol. The minimum Gasteiger partial charge on any atom is -0.0979 e. The van der Waals surface area contributed by atoms with Gasteiger partial charge >= 0.3 is 0 Å². The Kier molecular flexibility index (Phi) is 7.10. The molecule has 152 valence electrons. The van der Waals surface area contributed by atoms with E-state index >= 15 is 0 Å². The van der Waals surface area contributed by atoms with Gasteiger partial charge in [-0.3, -0.25) is 0 Å². The van der Waals surface area contributed by atoms with Crippen LogP contribution < -0.4 is 0 Å². The van der Waals surface area contributed by atoms with Crippen LogP contribution in [0.2, 0.25) is 0 Å². The van der Waals surface area contributed by atoms with Crippen LogP contribution in [0, 0.1) is 11.8 Å². The molecule has 0 heterocycles. The molecule has 0 radical (unpaired) electrons. The van der Waals surface area contributed by atoms with Gasteiger partial charge in [-0.05, 0) is 76.8 Å². The molecule has 5 rings (SSSR count). The van der Waals surface area contributed by atoms with Crippen LogP contribution in [0.15, 0.2) is 66.7 Å². The number of unbranched alkanes of at least 4 members (excludes halogenated alkanes) is 2. The van der Waals surface area contributed by atoms with Gasteiger partial charge in [0.25, 0.3) is 0 Å². The van der Waals surface area contributed by atoms with E-state index < -0.39 is 0 Å².